The first-order valence-electron chi connectivity index (χ1n) is 9.43. The van der Waals surface area contributed by atoms with Crippen molar-refractivity contribution in [3.05, 3.63) is 46.1 Å². The van der Waals surface area contributed by atoms with E-state index < -0.39 is 22.5 Å². The van der Waals surface area contributed by atoms with Gasteiger partial charge < -0.3 is 9.64 Å². The van der Waals surface area contributed by atoms with Crippen LogP contribution in [-0.4, -0.2) is 27.5 Å². The highest BCUT2D eigenvalue weighted by Gasteiger charge is 2.37. The molecule has 0 spiro atoms. The van der Waals surface area contributed by atoms with Crippen molar-refractivity contribution in [2.45, 2.75) is 51.3 Å². The Morgan fingerprint density at radius 3 is 2.55 bits per heavy atom. The van der Waals surface area contributed by atoms with Gasteiger partial charge in [-0.15, -0.1) is 0 Å². The first-order valence-corrected chi connectivity index (χ1v) is 9.43. The number of halogens is 3. The molecule has 0 unspecified atom stereocenters. The average Bonchev–Trinajstić information content (AvgIpc) is 2.69. The van der Waals surface area contributed by atoms with E-state index in [2.05, 4.69) is 9.97 Å². The molecular formula is C19H21F3N4O3. The number of nitrogens with zero attached hydrogens (tertiary/aromatic N) is 4. The molecule has 1 fully saturated rings. The second kappa shape index (κ2) is 8.62. The fourth-order valence-corrected chi connectivity index (χ4v) is 3.38. The number of alkyl halides is 3. The summed E-state index contributed by atoms with van der Waals surface area (Å²) in [6.45, 7) is 1.93. The smallest absolute Gasteiger partial charge is 0.423 e. The average molecular weight is 410 g/mol. The molecule has 10 heteroatoms. The van der Waals surface area contributed by atoms with Crippen molar-refractivity contribution in [3.8, 4) is 5.88 Å². The Bertz CT molecular complexity index is 870. The maximum Gasteiger partial charge on any atom is 0.423 e. The molecular weight excluding hydrogens is 389 g/mol. The van der Waals surface area contributed by atoms with E-state index in [1.54, 1.807) is 13.0 Å². The van der Waals surface area contributed by atoms with Gasteiger partial charge in [0.15, 0.2) is 0 Å². The molecule has 0 amide bonds. The van der Waals surface area contributed by atoms with Crippen molar-refractivity contribution in [3.63, 3.8) is 0 Å². The third kappa shape index (κ3) is 4.75. The normalized spacial score (nSPS) is 15.2. The van der Waals surface area contributed by atoms with E-state index in [0.29, 0.717) is 19.0 Å². The molecule has 1 aliphatic rings. The molecule has 2 aromatic rings. The van der Waals surface area contributed by atoms with Crippen LogP contribution in [0.2, 0.25) is 0 Å². The van der Waals surface area contributed by atoms with Crippen LogP contribution in [0.1, 0.15) is 44.6 Å². The Labute approximate surface area is 165 Å². The maximum atomic E-state index is 13.4. The van der Waals surface area contributed by atoms with Crippen LogP contribution in [0.5, 0.6) is 5.88 Å². The molecule has 0 saturated heterocycles. The number of nitro groups is 1. The number of nitro benzene ring substituents is 1. The van der Waals surface area contributed by atoms with Crippen LogP contribution in [0, 0.1) is 10.1 Å². The molecule has 1 aromatic carbocycles. The third-order valence-corrected chi connectivity index (χ3v) is 4.80. The molecule has 7 nitrogen and oxygen atoms in total. The second-order valence-electron chi connectivity index (χ2n) is 6.75. The van der Waals surface area contributed by atoms with E-state index in [0.717, 1.165) is 19.3 Å². The predicted molar refractivity (Wildman–Crippen MR) is 100 cm³/mol. The fourth-order valence-electron chi connectivity index (χ4n) is 3.38. The van der Waals surface area contributed by atoms with Crippen LogP contribution < -0.4 is 9.64 Å². The summed E-state index contributed by atoms with van der Waals surface area (Å²) in [5, 5.41) is 11.4. The van der Waals surface area contributed by atoms with Crippen molar-refractivity contribution in [1.82, 2.24) is 9.97 Å². The van der Waals surface area contributed by atoms with Gasteiger partial charge in [-0.05, 0) is 38.7 Å². The summed E-state index contributed by atoms with van der Waals surface area (Å²) in [6, 6.07) is 5.95. The zero-order chi connectivity index (χ0) is 21.0. The van der Waals surface area contributed by atoms with Gasteiger partial charge in [0.2, 0.25) is 11.8 Å². The van der Waals surface area contributed by atoms with Gasteiger partial charge in [-0.2, -0.15) is 18.2 Å². The maximum absolute atomic E-state index is 13.4. The van der Waals surface area contributed by atoms with Crippen molar-refractivity contribution >= 4 is 17.3 Å². The summed E-state index contributed by atoms with van der Waals surface area (Å²) in [5.74, 6) is -0.618. The highest BCUT2D eigenvalue weighted by atomic mass is 19.4. The topological polar surface area (TPSA) is 81.4 Å². The first kappa shape index (κ1) is 20.8. The van der Waals surface area contributed by atoms with E-state index >= 15 is 0 Å². The standard InChI is InChI=1S/C19H21F3N4O3/c1-2-25(15-10-6-7-11-16(15)26(27)28)18-23-12-14(19(20,21)22)17(24-18)29-13-8-4-3-5-9-13/h6-7,10-13H,2-5,8-9H2,1H3. The van der Waals surface area contributed by atoms with Crippen LogP contribution in [0.15, 0.2) is 30.5 Å². The quantitative estimate of drug-likeness (QED) is 0.476. The lowest BCUT2D eigenvalue weighted by molar-refractivity contribution is -0.384. The number of para-hydroxylation sites is 2. The molecule has 0 atom stereocenters. The second-order valence-corrected chi connectivity index (χ2v) is 6.75. The molecule has 29 heavy (non-hydrogen) atoms. The Morgan fingerprint density at radius 1 is 1.24 bits per heavy atom. The summed E-state index contributed by atoms with van der Waals surface area (Å²) >= 11 is 0. The summed E-state index contributed by atoms with van der Waals surface area (Å²) in [7, 11) is 0. The Balaban J connectivity index is 2.02. The van der Waals surface area contributed by atoms with Crippen LogP contribution in [0.25, 0.3) is 0 Å². The number of hydrogen-bond donors (Lipinski definition) is 0. The van der Waals surface area contributed by atoms with Crippen molar-refractivity contribution < 1.29 is 22.8 Å². The summed E-state index contributed by atoms with van der Waals surface area (Å²) in [5.41, 5.74) is -1.04. The highest BCUT2D eigenvalue weighted by Crippen LogP contribution is 2.38. The van der Waals surface area contributed by atoms with Gasteiger partial charge in [0, 0.05) is 18.8 Å². The van der Waals surface area contributed by atoms with Crippen LogP contribution in [0.3, 0.4) is 0 Å². The monoisotopic (exact) mass is 410 g/mol. The third-order valence-electron chi connectivity index (χ3n) is 4.80. The van der Waals surface area contributed by atoms with E-state index in [4.69, 9.17) is 4.74 Å². The van der Waals surface area contributed by atoms with Gasteiger partial charge >= 0.3 is 6.18 Å². The fraction of sp³-hybridized carbons (Fsp3) is 0.474. The molecule has 0 N–H and O–H groups in total. The van der Waals surface area contributed by atoms with Crippen LogP contribution >= 0.6 is 0 Å². The van der Waals surface area contributed by atoms with Gasteiger partial charge in [0.1, 0.15) is 17.4 Å². The number of hydrogen-bond acceptors (Lipinski definition) is 6. The van der Waals surface area contributed by atoms with Crippen LogP contribution in [0.4, 0.5) is 30.5 Å². The highest BCUT2D eigenvalue weighted by molar-refractivity contribution is 5.69. The molecule has 1 aliphatic carbocycles. The number of aromatic nitrogens is 2. The van der Waals surface area contributed by atoms with E-state index in [9.17, 15) is 23.3 Å². The lowest BCUT2D eigenvalue weighted by Crippen LogP contribution is -2.25. The lowest BCUT2D eigenvalue weighted by atomic mass is 9.98. The zero-order valence-corrected chi connectivity index (χ0v) is 15.9. The molecule has 1 saturated carbocycles. The predicted octanol–water partition coefficient (Wildman–Crippen LogP) is 5.27. The number of rotatable bonds is 6. The minimum atomic E-state index is -4.67. The van der Waals surface area contributed by atoms with Gasteiger partial charge in [-0.25, -0.2) is 4.98 Å². The molecule has 156 valence electrons. The lowest BCUT2D eigenvalue weighted by Gasteiger charge is -2.26. The Kier molecular flexibility index (Phi) is 6.19. The minimum absolute atomic E-state index is 0.0828. The molecule has 0 bridgehead atoms. The summed E-state index contributed by atoms with van der Waals surface area (Å²) < 4.78 is 46.0. The SMILES string of the molecule is CCN(c1ncc(C(F)(F)F)c(OC2CCCCC2)n1)c1ccccc1[N+](=O)[O-]. The van der Waals surface area contributed by atoms with Gasteiger partial charge in [0.25, 0.3) is 5.69 Å². The summed E-state index contributed by atoms with van der Waals surface area (Å²) in [6.07, 6.45) is -0.189. The number of anilines is 2. The molecule has 3 rings (SSSR count). The largest absolute Gasteiger partial charge is 0.474 e. The molecule has 0 aliphatic heterocycles. The first-order chi connectivity index (χ1) is 13.8. The van der Waals surface area contributed by atoms with Gasteiger partial charge in [0.05, 0.1) is 4.92 Å². The van der Waals surface area contributed by atoms with E-state index in [1.165, 1.54) is 23.1 Å². The number of benzene rings is 1. The summed E-state index contributed by atoms with van der Waals surface area (Å²) in [4.78, 5) is 20.1. The molecule has 1 aromatic heterocycles. The van der Waals surface area contributed by atoms with Crippen LogP contribution in [-0.2, 0) is 6.18 Å². The van der Waals surface area contributed by atoms with Gasteiger partial charge in [-0.3, -0.25) is 10.1 Å². The minimum Gasteiger partial charge on any atom is -0.474 e. The Hall–Kier alpha value is -2.91. The Morgan fingerprint density at radius 2 is 1.93 bits per heavy atom. The zero-order valence-electron chi connectivity index (χ0n) is 15.9. The molecule has 0 radical (unpaired) electrons. The van der Waals surface area contributed by atoms with E-state index in [1.807, 2.05) is 0 Å². The van der Waals surface area contributed by atoms with Gasteiger partial charge in [-0.1, -0.05) is 18.6 Å². The van der Waals surface area contributed by atoms with E-state index in [-0.39, 0.29) is 30.0 Å². The van der Waals surface area contributed by atoms with Crippen molar-refractivity contribution in [1.29, 1.82) is 0 Å². The number of ether oxygens (including phenoxy) is 1. The van der Waals surface area contributed by atoms with Crippen molar-refractivity contribution in [2.75, 3.05) is 11.4 Å². The van der Waals surface area contributed by atoms with Crippen molar-refractivity contribution in [2.24, 2.45) is 0 Å². The molecule has 1 heterocycles.